The first-order valence-electron chi connectivity index (χ1n) is 4.70. The van der Waals surface area contributed by atoms with Crippen LogP contribution < -0.4 is 5.73 Å². The van der Waals surface area contributed by atoms with Crippen molar-refractivity contribution in [3.05, 3.63) is 0 Å². The SMILES string of the molecule is CC(C)N1CCC[C@@H](N)CC1. The molecule has 1 heterocycles. The van der Waals surface area contributed by atoms with E-state index in [1.807, 2.05) is 0 Å². The van der Waals surface area contributed by atoms with E-state index in [0.29, 0.717) is 12.1 Å². The topological polar surface area (TPSA) is 29.3 Å². The minimum absolute atomic E-state index is 0.457. The van der Waals surface area contributed by atoms with E-state index in [1.165, 1.54) is 32.4 Å². The zero-order chi connectivity index (χ0) is 8.27. The van der Waals surface area contributed by atoms with Crippen LogP contribution in [0.2, 0.25) is 0 Å². The summed E-state index contributed by atoms with van der Waals surface area (Å²) in [5.41, 5.74) is 5.87. The minimum atomic E-state index is 0.457. The molecule has 0 aromatic carbocycles. The van der Waals surface area contributed by atoms with Crippen LogP contribution in [0.25, 0.3) is 0 Å². The summed E-state index contributed by atoms with van der Waals surface area (Å²) in [6.45, 7) is 6.96. The van der Waals surface area contributed by atoms with E-state index in [1.54, 1.807) is 0 Å². The van der Waals surface area contributed by atoms with E-state index in [2.05, 4.69) is 18.7 Å². The van der Waals surface area contributed by atoms with E-state index in [4.69, 9.17) is 5.73 Å². The zero-order valence-corrected chi connectivity index (χ0v) is 7.71. The van der Waals surface area contributed by atoms with Gasteiger partial charge in [-0.25, -0.2) is 0 Å². The Morgan fingerprint density at radius 1 is 1.27 bits per heavy atom. The Labute approximate surface area is 69.8 Å². The highest BCUT2D eigenvalue weighted by atomic mass is 15.1. The van der Waals surface area contributed by atoms with Crippen LogP contribution in [0.1, 0.15) is 33.1 Å². The molecule has 1 aliphatic heterocycles. The number of likely N-dealkylation sites (tertiary alicyclic amines) is 1. The lowest BCUT2D eigenvalue weighted by Crippen LogP contribution is -2.32. The summed E-state index contributed by atoms with van der Waals surface area (Å²) in [4.78, 5) is 2.52. The maximum absolute atomic E-state index is 5.87. The molecule has 2 N–H and O–H groups in total. The predicted molar refractivity (Wildman–Crippen MR) is 48.5 cm³/mol. The molecule has 1 aliphatic rings. The van der Waals surface area contributed by atoms with Crippen LogP contribution in [0.3, 0.4) is 0 Å². The number of hydrogen-bond acceptors (Lipinski definition) is 2. The maximum atomic E-state index is 5.87. The predicted octanol–water partition coefficient (Wildman–Crippen LogP) is 1.21. The van der Waals surface area contributed by atoms with Crippen LogP contribution in [-0.2, 0) is 0 Å². The molecule has 1 atom stereocenters. The molecular weight excluding hydrogens is 136 g/mol. The van der Waals surface area contributed by atoms with Gasteiger partial charge in [0.25, 0.3) is 0 Å². The van der Waals surface area contributed by atoms with Crippen LogP contribution in [0, 0.1) is 0 Å². The fourth-order valence-corrected chi connectivity index (χ4v) is 1.66. The fourth-order valence-electron chi connectivity index (χ4n) is 1.66. The second kappa shape index (κ2) is 4.07. The summed E-state index contributed by atoms with van der Waals surface area (Å²) in [5, 5.41) is 0. The van der Waals surface area contributed by atoms with Crippen LogP contribution in [0.4, 0.5) is 0 Å². The third kappa shape index (κ3) is 2.80. The first-order chi connectivity index (χ1) is 5.20. The minimum Gasteiger partial charge on any atom is -0.328 e. The number of nitrogens with zero attached hydrogens (tertiary/aromatic N) is 1. The fraction of sp³-hybridized carbons (Fsp3) is 1.00. The molecule has 0 aromatic heterocycles. The number of nitrogens with two attached hydrogens (primary N) is 1. The molecule has 1 fully saturated rings. The van der Waals surface area contributed by atoms with Crippen molar-refractivity contribution in [1.82, 2.24) is 4.90 Å². The van der Waals surface area contributed by atoms with Crippen molar-refractivity contribution in [1.29, 1.82) is 0 Å². The lowest BCUT2D eigenvalue weighted by atomic mass is 10.1. The van der Waals surface area contributed by atoms with Crippen LogP contribution in [0.5, 0.6) is 0 Å². The molecule has 66 valence electrons. The highest BCUT2D eigenvalue weighted by Crippen LogP contribution is 2.11. The lowest BCUT2D eigenvalue weighted by molar-refractivity contribution is 0.230. The molecule has 0 spiro atoms. The molecule has 0 saturated carbocycles. The van der Waals surface area contributed by atoms with E-state index in [9.17, 15) is 0 Å². The van der Waals surface area contributed by atoms with Gasteiger partial charge < -0.3 is 10.6 Å². The van der Waals surface area contributed by atoms with Crippen molar-refractivity contribution < 1.29 is 0 Å². The third-order valence-corrected chi connectivity index (χ3v) is 2.54. The standard InChI is InChI=1S/C9H20N2/c1-8(2)11-6-3-4-9(10)5-7-11/h8-9H,3-7,10H2,1-2H3/t9-/m1/s1. The molecule has 0 amide bonds. The van der Waals surface area contributed by atoms with Gasteiger partial charge in [-0.15, -0.1) is 0 Å². The van der Waals surface area contributed by atoms with E-state index >= 15 is 0 Å². The summed E-state index contributed by atoms with van der Waals surface area (Å²) in [7, 11) is 0. The molecule has 0 aliphatic carbocycles. The van der Waals surface area contributed by atoms with Crippen molar-refractivity contribution in [2.24, 2.45) is 5.73 Å². The first-order valence-corrected chi connectivity index (χ1v) is 4.70. The molecule has 1 rings (SSSR count). The Morgan fingerprint density at radius 3 is 2.64 bits per heavy atom. The van der Waals surface area contributed by atoms with Crippen LogP contribution >= 0.6 is 0 Å². The zero-order valence-electron chi connectivity index (χ0n) is 7.71. The van der Waals surface area contributed by atoms with Gasteiger partial charge in [0.2, 0.25) is 0 Å². The second-order valence-corrected chi connectivity index (χ2v) is 3.82. The van der Waals surface area contributed by atoms with E-state index < -0.39 is 0 Å². The highest BCUT2D eigenvalue weighted by Gasteiger charge is 2.15. The first kappa shape index (κ1) is 9.01. The molecule has 11 heavy (non-hydrogen) atoms. The molecule has 1 saturated heterocycles. The molecule has 2 heteroatoms. The Morgan fingerprint density at radius 2 is 2.00 bits per heavy atom. The van der Waals surface area contributed by atoms with Gasteiger partial charge in [0.15, 0.2) is 0 Å². The molecule has 0 aromatic rings. The van der Waals surface area contributed by atoms with Gasteiger partial charge in [-0.1, -0.05) is 0 Å². The summed E-state index contributed by atoms with van der Waals surface area (Å²) in [6.07, 6.45) is 3.67. The van der Waals surface area contributed by atoms with E-state index in [-0.39, 0.29) is 0 Å². The van der Waals surface area contributed by atoms with Crippen molar-refractivity contribution in [3.63, 3.8) is 0 Å². The molecule has 0 bridgehead atoms. The normalized spacial score (nSPS) is 28.9. The van der Waals surface area contributed by atoms with Gasteiger partial charge in [-0.2, -0.15) is 0 Å². The second-order valence-electron chi connectivity index (χ2n) is 3.82. The molecule has 0 radical (unpaired) electrons. The highest BCUT2D eigenvalue weighted by molar-refractivity contribution is 4.73. The van der Waals surface area contributed by atoms with Gasteiger partial charge in [-0.3, -0.25) is 0 Å². The largest absolute Gasteiger partial charge is 0.328 e. The summed E-state index contributed by atoms with van der Waals surface area (Å²) >= 11 is 0. The average Bonchev–Trinajstić information content (AvgIpc) is 2.13. The smallest absolute Gasteiger partial charge is 0.00514 e. The third-order valence-electron chi connectivity index (χ3n) is 2.54. The van der Waals surface area contributed by atoms with E-state index in [0.717, 1.165) is 0 Å². The van der Waals surface area contributed by atoms with Crippen LogP contribution in [0.15, 0.2) is 0 Å². The van der Waals surface area contributed by atoms with Gasteiger partial charge in [0.05, 0.1) is 0 Å². The lowest BCUT2D eigenvalue weighted by Gasteiger charge is -2.23. The van der Waals surface area contributed by atoms with Gasteiger partial charge in [-0.05, 0) is 46.2 Å². The van der Waals surface area contributed by atoms with Crippen LogP contribution in [-0.4, -0.2) is 30.1 Å². The molecular formula is C9H20N2. The van der Waals surface area contributed by atoms with Gasteiger partial charge >= 0.3 is 0 Å². The van der Waals surface area contributed by atoms with Crippen molar-refractivity contribution in [3.8, 4) is 0 Å². The monoisotopic (exact) mass is 156 g/mol. The molecule has 0 unspecified atom stereocenters. The Hall–Kier alpha value is -0.0800. The summed E-state index contributed by atoms with van der Waals surface area (Å²) < 4.78 is 0. The Balaban J connectivity index is 2.34. The summed E-state index contributed by atoms with van der Waals surface area (Å²) in [6, 6.07) is 1.15. The Bertz CT molecular complexity index is 112. The number of rotatable bonds is 1. The van der Waals surface area contributed by atoms with Gasteiger partial charge in [0.1, 0.15) is 0 Å². The van der Waals surface area contributed by atoms with Crippen molar-refractivity contribution in [2.45, 2.75) is 45.2 Å². The van der Waals surface area contributed by atoms with Crippen molar-refractivity contribution >= 4 is 0 Å². The number of hydrogen-bond donors (Lipinski definition) is 1. The quantitative estimate of drug-likeness (QED) is 0.618. The summed E-state index contributed by atoms with van der Waals surface area (Å²) in [5.74, 6) is 0. The Kier molecular flexibility index (Phi) is 3.34. The maximum Gasteiger partial charge on any atom is 0.00514 e. The average molecular weight is 156 g/mol. The van der Waals surface area contributed by atoms with Crippen molar-refractivity contribution in [2.75, 3.05) is 13.1 Å². The van der Waals surface area contributed by atoms with Gasteiger partial charge in [0, 0.05) is 12.1 Å². The molecule has 2 nitrogen and oxygen atoms in total.